The number of aryl methyl sites for hydroxylation is 1. The van der Waals surface area contributed by atoms with Gasteiger partial charge in [0.05, 0.1) is 17.0 Å². The summed E-state index contributed by atoms with van der Waals surface area (Å²) in [5.74, 6) is -0.0524. The van der Waals surface area contributed by atoms with Gasteiger partial charge in [-0.1, -0.05) is 6.07 Å². The van der Waals surface area contributed by atoms with Crippen LogP contribution >= 0.6 is 15.9 Å². The molecule has 1 aromatic carbocycles. The first kappa shape index (κ1) is 11.5. The summed E-state index contributed by atoms with van der Waals surface area (Å²) in [5, 5.41) is 9.27. The molecule has 0 aromatic heterocycles. The maximum Gasteiger partial charge on any atom is 0.314 e. The van der Waals surface area contributed by atoms with Crippen LogP contribution < -0.4 is 4.74 Å². The number of carbonyl (C=O) groups is 1. The predicted molar refractivity (Wildman–Crippen MR) is 64.0 cm³/mol. The van der Waals surface area contributed by atoms with Gasteiger partial charge in [-0.15, -0.1) is 0 Å². The monoisotopic (exact) mass is 284 g/mol. The van der Waals surface area contributed by atoms with E-state index in [4.69, 9.17) is 4.74 Å². The smallest absolute Gasteiger partial charge is 0.314 e. The number of ether oxygens (including phenoxy) is 1. The summed E-state index contributed by atoms with van der Waals surface area (Å²) in [6.45, 7) is 1.94. The van der Waals surface area contributed by atoms with Gasteiger partial charge in [0, 0.05) is 0 Å². The lowest BCUT2D eigenvalue weighted by molar-refractivity contribution is -0.140. The highest BCUT2D eigenvalue weighted by atomic mass is 79.9. The lowest BCUT2D eigenvalue weighted by Gasteiger charge is -2.16. The average Bonchev–Trinajstić information content (AvgIpc) is 3.02. The zero-order valence-electron chi connectivity index (χ0n) is 9.21. The van der Waals surface area contributed by atoms with Crippen molar-refractivity contribution in [1.29, 1.82) is 0 Å². The summed E-state index contributed by atoms with van der Waals surface area (Å²) < 4.78 is 5.99. The first-order chi connectivity index (χ1) is 7.51. The molecule has 0 aliphatic heterocycles. The van der Waals surface area contributed by atoms with Crippen molar-refractivity contribution in [2.24, 2.45) is 0 Å². The van der Waals surface area contributed by atoms with Gasteiger partial charge in [-0.05, 0) is 52.9 Å². The van der Waals surface area contributed by atoms with Gasteiger partial charge in [0.25, 0.3) is 0 Å². The van der Waals surface area contributed by atoms with Crippen LogP contribution in [0.15, 0.2) is 16.6 Å². The quantitative estimate of drug-likeness (QED) is 0.928. The number of carboxylic acids is 1. The molecular weight excluding hydrogens is 272 g/mol. The van der Waals surface area contributed by atoms with Crippen LogP contribution in [0.25, 0.3) is 0 Å². The van der Waals surface area contributed by atoms with Gasteiger partial charge in [0.2, 0.25) is 0 Å². The van der Waals surface area contributed by atoms with Crippen LogP contribution in [0.4, 0.5) is 0 Å². The number of benzene rings is 1. The molecule has 3 nitrogen and oxygen atoms in total. The molecule has 4 heteroatoms. The average molecular weight is 285 g/mol. The predicted octanol–water partition coefficient (Wildman–Crippen LogP) is 2.88. The molecule has 16 heavy (non-hydrogen) atoms. The van der Waals surface area contributed by atoms with E-state index in [-0.39, 0.29) is 0 Å². The van der Waals surface area contributed by atoms with E-state index in [0.29, 0.717) is 18.6 Å². The summed E-state index contributed by atoms with van der Waals surface area (Å²) in [7, 11) is 1.59. The molecule has 86 valence electrons. The van der Waals surface area contributed by atoms with E-state index >= 15 is 0 Å². The number of hydrogen-bond acceptors (Lipinski definition) is 2. The molecule has 1 aliphatic carbocycles. The molecule has 0 bridgehead atoms. The molecule has 1 aliphatic rings. The summed E-state index contributed by atoms with van der Waals surface area (Å²) in [6, 6.07) is 3.82. The third kappa shape index (κ3) is 1.61. The number of methoxy groups -OCH3 is 1. The highest BCUT2D eigenvalue weighted by molar-refractivity contribution is 9.10. The highest BCUT2D eigenvalue weighted by Crippen LogP contribution is 2.52. The molecule has 1 fully saturated rings. The minimum Gasteiger partial charge on any atom is -0.496 e. The Labute approximate surface area is 103 Å². The van der Waals surface area contributed by atoms with Crippen LogP contribution in [-0.2, 0) is 10.2 Å². The number of aliphatic carboxylic acids is 1. The van der Waals surface area contributed by atoms with E-state index in [2.05, 4.69) is 15.9 Å². The Bertz CT molecular complexity index is 450. The molecule has 2 rings (SSSR count). The maximum atomic E-state index is 11.3. The van der Waals surface area contributed by atoms with Gasteiger partial charge in [-0.2, -0.15) is 0 Å². The third-order valence-corrected chi connectivity index (χ3v) is 3.90. The first-order valence-electron chi connectivity index (χ1n) is 5.09. The van der Waals surface area contributed by atoms with Crippen LogP contribution in [0.2, 0.25) is 0 Å². The minimum atomic E-state index is -0.749. The summed E-state index contributed by atoms with van der Waals surface area (Å²) >= 11 is 3.43. The topological polar surface area (TPSA) is 46.5 Å². The maximum absolute atomic E-state index is 11.3. The van der Waals surface area contributed by atoms with Crippen molar-refractivity contribution < 1.29 is 14.6 Å². The van der Waals surface area contributed by atoms with Gasteiger partial charge >= 0.3 is 5.97 Å². The standard InChI is InChI=1S/C12H13BrO3/c1-7-5-8(10(13)9(6-7)16-2)12(3-4-12)11(14)15/h5-6H,3-4H2,1-2H3,(H,14,15). The van der Waals surface area contributed by atoms with Gasteiger partial charge < -0.3 is 9.84 Å². The van der Waals surface area contributed by atoms with Crippen LogP contribution in [0.1, 0.15) is 24.0 Å². The van der Waals surface area contributed by atoms with Crippen molar-refractivity contribution in [2.45, 2.75) is 25.2 Å². The Kier molecular flexibility index (Phi) is 2.70. The molecule has 0 atom stereocenters. The summed E-state index contributed by atoms with van der Waals surface area (Å²) in [6.07, 6.45) is 1.40. The molecule has 1 N–H and O–H groups in total. The third-order valence-electron chi connectivity index (χ3n) is 3.08. The molecule has 1 aromatic rings. The number of halogens is 1. The highest BCUT2D eigenvalue weighted by Gasteiger charge is 2.53. The van der Waals surface area contributed by atoms with Gasteiger partial charge in [-0.3, -0.25) is 4.79 Å². The fourth-order valence-corrected chi connectivity index (χ4v) is 2.73. The van der Waals surface area contributed by atoms with Crippen LogP contribution in [0, 0.1) is 6.92 Å². The number of carboxylic acid groups (broad SMARTS) is 1. The van der Waals surface area contributed by atoms with Gasteiger partial charge in [0.15, 0.2) is 0 Å². The van der Waals surface area contributed by atoms with E-state index in [9.17, 15) is 9.90 Å². The van der Waals surface area contributed by atoms with E-state index in [1.807, 2.05) is 19.1 Å². The van der Waals surface area contributed by atoms with Crippen molar-refractivity contribution in [3.63, 3.8) is 0 Å². The molecule has 0 unspecified atom stereocenters. The fraction of sp³-hybridized carbons (Fsp3) is 0.417. The van der Waals surface area contributed by atoms with Gasteiger partial charge in [0.1, 0.15) is 5.75 Å². The number of rotatable bonds is 3. The lowest BCUT2D eigenvalue weighted by Crippen LogP contribution is -2.20. The second-order valence-electron chi connectivity index (χ2n) is 4.22. The molecular formula is C12H13BrO3. The zero-order chi connectivity index (χ0) is 11.9. The molecule has 0 spiro atoms. The Morgan fingerprint density at radius 3 is 2.56 bits per heavy atom. The largest absolute Gasteiger partial charge is 0.496 e. The van der Waals surface area contributed by atoms with Crippen LogP contribution in [0.3, 0.4) is 0 Å². The van der Waals surface area contributed by atoms with Crippen molar-refractivity contribution in [1.82, 2.24) is 0 Å². The second-order valence-corrected chi connectivity index (χ2v) is 5.01. The first-order valence-corrected chi connectivity index (χ1v) is 5.88. The molecule has 0 radical (unpaired) electrons. The summed E-state index contributed by atoms with van der Waals surface area (Å²) in [4.78, 5) is 11.3. The minimum absolute atomic E-state index is 0.696. The SMILES string of the molecule is COc1cc(C)cc(C2(C(=O)O)CC2)c1Br. The van der Waals surface area contributed by atoms with E-state index in [1.54, 1.807) is 7.11 Å². The molecule has 1 saturated carbocycles. The van der Waals surface area contributed by atoms with E-state index in [0.717, 1.165) is 15.6 Å². The van der Waals surface area contributed by atoms with Crippen molar-refractivity contribution in [3.05, 3.63) is 27.7 Å². The Morgan fingerprint density at radius 1 is 1.50 bits per heavy atom. The number of hydrogen-bond donors (Lipinski definition) is 1. The van der Waals surface area contributed by atoms with Gasteiger partial charge in [-0.25, -0.2) is 0 Å². The summed E-state index contributed by atoms with van der Waals surface area (Å²) in [5.41, 5.74) is 1.15. The van der Waals surface area contributed by atoms with E-state index < -0.39 is 11.4 Å². The van der Waals surface area contributed by atoms with Crippen molar-refractivity contribution >= 4 is 21.9 Å². The molecule has 0 heterocycles. The molecule has 0 amide bonds. The Balaban J connectivity index is 2.57. The Hall–Kier alpha value is -1.03. The second kappa shape index (κ2) is 3.77. The van der Waals surface area contributed by atoms with Crippen molar-refractivity contribution in [2.75, 3.05) is 7.11 Å². The lowest BCUT2D eigenvalue weighted by atomic mass is 9.94. The molecule has 0 saturated heterocycles. The van der Waals surface area contributed by atoms with Crippen molar-refractivity contribution in [3.8, 4) is 5.75 Å². The van der Waals surface area contributed by atoms with Crippen LogP contribution in [0.5, 0.6) is 5.75 Å². The van der Waals surface area contributed by atoms with Crippen LogP contribution in [-0.4, -0.2) is 18.2 Å². The van der Waals surface area contributed by atoms with E-state index in [1.165, 1.54) is 0 Å². The normalized spacial score (nSPS) is 16.9. The zero-order valence-corrected chi connectivity index (χ0v) is 10.8. The fourth-order valence-electron chi connectivity index (χ4n) is 1.96. The Morgan fingerprint density at radius 2 is 2.12 bits per heavy atom.